The zero-order chi connectivity index (χ0) is 15.0. The normalized spacial score (nSPS) is 10.8. The van der Waals surface area contributed by atoms with Gasteiger partial charge in [0.2, 0.25) is 5.95 Å². The molecule has 0 aliphatic heterocycles. The molecule has 0 fully saturated rings. The fraction of sp³-hybridized carbons (Fsp3) is 0.133. The van der Waals surface area contributed by atoms with Crippen molar-refractivity contribution in [2.24, 2.45) is 0 Å². The number of ether oxygens (including phenoxy) is 2. The van der Waals surface area contributed by atoms with Gasteiger partial charge in [-0.1, -0.05) is 15.9 Å². The van der Waals surface area contributed by atoms with Crippen LogP contribution >= 0.6 is 15.9 Å². The lowest BCUT2D eigenvalue weighted by Gasteiger charge is -2.10. The first-order valence-corrected chi connectivity index (χ1v) is 7.08. The molecule has 0 saturated heterocycles. The summed E-state index contributed by atoms with van der Waals surface area (Å²) in [5.74, 6) is 1.91. The van der Waals surface area contributed by atoms with Gasteiger partial charge in [-0.05, 0) is 24.3 Å². The van der Waals surface area contributed by atoms with Crippen LogP contribution in [0.2, 0.25) is 0 Å². The van der Waals surface area contributed by atoms with Crippen molar-refractivity contribution in [1.29, 1.82) is 0 Å². The number of hydrogen-bond donors (Lipinski definition) is 1. The van der Waals surface area contributed by atoms with Crippen molar-refractivity contribution in [3.05, 3.63) is 40.9 Å². The predicted molar refractivity (Wildman–Crippen MR) is 86.3 cm³/mol. The minimum atomic E-state index is 0.415. The smallest absolute Gasteiger partial charge is 0.205 e. The number of benzene rings is 2. The van der Waals surface area contributed by atoms with Gasteiger partial charge in [0.1, 0.15) is 11.5 Å². The van der Waals surface area contributed by atoms with E-state index in [-0.39, 0.29) is 0 Å². The summed E-state index contributed by atoms with van der Waals surface area (Å²) in [5.41, 5.74) is 8.64. The van der Waals surface area contributed by atoms with Crippen LogP contribution in [0.1, 0.15) is 0 Å². The van der Waals surface area contributed by atoms with Gasteiger partial charge < -0.3 is 15.2 Å². The summed E-state index contributed by atoms with van der Waals surface area (Å²) in [6.45, 7) is 0. The van der Waals surface area contributed by atoms with E-state index in [9.17, 15) is 0 Å². The van der Waals surface area contributed by atoms with E-state index >= 15 is 0 Å². The number of rotatable bonds is 3. The second-order valence-corrected chi connectivity index (χ2v) is 5.42. The molecule has 0 saturated carbocycles. The highest BCUT2D eigenvalue weighted by atomic mass is 79.9. The minimum absolute atomic E-state index is 0.415. The van der Waals surface area contributed by atoms with Crippen LogP contribution in [-0.2, 0) is 0 Å². The molecule has 0 radical (unpaired) electrons. The van der Waals surface area contributed by atoms with E-state index in [1.54, 1.807) is 14.2 Å². The molecule has 1 aromatic heterocycles. The summed E-state index contributed by atoms with van der Waals surface area (Å²) in [6.07, 6.45) is 0. The Bertz CT molecular complexity index is 814. The van der Waals surface area contributed by atoms with Gasteiger partial charge in [-0.15, -0.1) is 0 Å². The van der Waals surface area contributed by atoms with Crippen LogP contribution in [0.25, 0.3) is 16.7 Å². The van der Waals surface area contributed by atoms with E-state index in [1.165, 1.54) is 0 Å². The number of nitrogen functional groups attached to an aromatic ring is 1. The summed E-state index contributed by atoms with van der Waals surface area (Å²) < 4.78 is 13.3. The second kappa shape index (κ2) is 5.29. The maximum atomic E-state index is 6.07. The molecular formula is C15H14BrN3O2. The molecule has 6 heteroatoms. The summed E-state index contributed by atoms with van der Waals surface area (Å²) in [7, 11) is 3.26. The quantitative estimate of drug-likeness (QED) is 0.788. The maximum absolute atomic E-state index is 6.07. The third-order valence-electron chi connectivity index (χ3n) is 3.24. The van der Waals surface area contributed by atoms with Gasteiger partial charge in [-0.2, -0.15) is 0 Å². The van der Waals surface area contributed by atoms with Gasteiger partial charge in [0.25, 0.3) is 0 Å². The molecule has 2 N–H and O–H groups in total. The molecule has 0 atom stereocenters. The number of nitrogens with zero attached hydrogens (tertiary/aromatic N) is 2. The maximum Gasteiger partial charge on any atom is 0.205 e. The SMILES string of the molecule is COc1cc(Br)cc(-n2c(N)nc3ccc(OC)cc32)c1. The average Bonchev–Trinajstić information content (AvgIpc) is 2.81. The molecule has 2 aromatic carbocycles. The highest BCUT2D eigenvalue weighted by molar-refractivity contribution is 9.10. The summed E-state index contributed by atoms with van der Waals surface area (Å²) in [4.78, 5) is 4.38. The van der Waals surface area contributed by atoms with E-state index < -0.39 is 0 Å². The average molecular weight is 348 g/mol. The molecule has 5 nitrogen and oxygen atoms in total. The standard InChI is InChI=1S/C15H14BrN3O2/c1-20-11-3-4-13-14(8-11)19(15(17)18-13)10-5-9(16)6-12(7-10)21-2/h3-8H,1-2H3,(H2,17,18). The molecule has 0 bridgehead atoms. The Kier molecular flexibility index (Phi) is 3.47. The first-order valence-electron chi connectivity index (χ1n) is 6.29. The first kappa shape index (κ1) is 13.8. The molecule has 21 heavy (non-hydrogen) atoms. The number of imidazole rings is 1. The highest BCUT2D eigenvalue weighted by Gasteiger charge is 2.12. The van der Waals surface area contributed by atoms with Crippen molar-refractivity contribution in [3.63, 3.8) is 0 Å². The fourth-order valence-electron chi connectivity index (χ4n) is 2.27. The van der Waals surface area contributed by atoms with E-state index in [0.717, 1.165) is 32.7 Å². The number of halogens is 1. The monoisotopic (exact) mass is 347 g/mol. The van der Waals surface area contributed by atoms with Gasteiger partial charge in [0.05, 0.1) is 30.9 Å². The molecular weight excluding hydrogens is 334 g/mol. The Labute approximate surface area is 130 Å². The molecule has 3 aromatic rings. The minimum Gasteiger partial charge on any atom is -0.497 e. The molecule has 0 unspecified atom stereocenters. The van der Waals surface area contributed by atoms with E-state index in [4.69, 9.17) is 15.2 Å². The summed E-state index contributed by atoms with van der Waals surface area (Å²) in [5, 5.41) is 0. The van der Waals surface area contributed by atoms with E-state index in [2.05, 4.69) is 20.9 Å². The third-order valence-corrected chi connectivity index (χ3v) is 3.70. The van der Waals surface area contributed by atoms with Crippen molar-refractivity contribution in [2.45, 2.75) is 0 Å². The van der Waals surface area contributed by atoms with Crippen LogP contribution in [-0.4, -0.2) is 23.8 Å². The van der Waals surface area contributed by atoms with Gasteiger partial charge in [0.15, 0.2) is 0 Å². The second-order valence-electron chi connectivity index (χ2n) is 4.51. The van der Waals surface area contributed by atoms with Crippen molar-refractivity contribution >= 4 is 32.9 Å². The van der Waals surface area contributed by atoms with Crippen molar-refractivity contribution in [3.8, 4) is 17.2 Å². The van der Waals surface area contributed by atoms with E-state index in [0.29, 0.717) is 5.95 Å². The van der Waals surface area contributed by atoms with Crippen LogP contribution in [0.4, 0.5) is 5.95 Å². The van der Waals surface area contributed by atoms with Crippen LogP contribution in [0, 0.1) is 0 Å². The molecule has 108 valence electrons. The van der Waals surface area contributed by atoms with Gasteiger partial charge in [-0.3, -0.25) is 4.57 Å². The Hall–Kier alpha value is -2.21. The van der Waals surface area contributed by atoms with Crippen molar-refractivity contribution in [2.75, 3.05) is 20.0 Å². The lowest BCUT2D eigenvalue weighted by Crippen LogP contribution is -2.01. The number of fused-ring (bicyclic) bond motifs is 1. The van der Waals surface area contributed by atoms with E-state index in [1.807, 2.05) is 41.0 Å². The molecule has 0 amide bonds. The molecule has 0 spiro atoms. The summed E-state index contributed by atoms with van der Waals surface area (Å²) in [6, 6.07) is 11.4. The number of methoxy groups -OCH3 is 2. The van der Waals surface area contributed by atoms with Gasteiger partial charge in [-0.25, -0.2) is 4.98 Å². The Morgan fingerprint density at radius 3 is 2.52 bits per heavy atom. The highest BCUT2D eigenvalue weighted by Crippen LogP contribution is 2.30. The Morgan fingerprint density at radius 2 is 1.81 bits per heavy atom. The molecule has 1 heterocycles. The van der Waals surface area contributed by atoms with Crippen LogP contribution in [0.5, 0.6) is 11.5 Å². The molecule has 0 aliphatic rings. The number of nitrogens with two attached hydrogens (primary N) is 1. The Balaban J connectivity index is 2.28. The third kappa shape index (κ3) is 2.42. The molecule has 0 aliphatic carbocycles. The number of aromatic nitrogens is 2. The Morgan fingerprint density at radius 1 is 1.05 bits per heavy atom. The topological polar surface area (TPSA) is 62.3 Å². The number of anilines is 1. The number of hydrogen-bond acceptors (Lipinski definition) is 4. The zero-order valence-corrected chi connectivity index (χ0v) is 13.2. The summed E-state index contributed by atoms with van der Waals surface area (Å²) >= 11 is 3.48. The zero-order valence-electron chi connectivity index (χ0n) is 11.6. The lowest BCUT2D eigenvalue weighted by molar-refractivity contribution is 0.414. The fourth-order valence-corrected chi connectivity index (χ4v) is 2.73. The van der Waals surface area contributed by atoms with Crippen molar-refractivity contribution < 1.29 is 9.47 Å². The molecule has 3 rings (SSSR count). The van der Waals surface area contributed by atoms with Crippen LogP contribution in [0.3, 0.4) is 0 Å². The van der Waals surface area contributed by atoms with Gasteiger partial charge in [0, 0.05) is 16.6 Å². The largest absolute Gasteiger partial charge is 0.497 e. The van der Waals surface area contributed by atoms with Crippen LogP contribution in [0.15, 0.2) is 40.9 Å². The van der Waals surface area contributed by atoms with Gasteiger partial charge >= 0.3 is 0 Å². The lowest BCUT2D eigenvalue weighted by atomic mass is 10.2. The van der Waals surface area contributed by atoms with Crippen LogP contribution < -0.4 is 15.2 Å². The predicted octanol–water partition coefficient (Wildman–Crippen LogP) is 3.39. The van der Waals surface area contributed by atoms with Crippen molar-refractivity contribution in [1.82, 2.24) is 9.55 Å². The first-order chi connectivity index (χ1) is 10.1.